The van der Waals surface area contributed by atoms with Crippen LogP contribution in [0.2, 0.25) is 0 Å². The van der Waals surface area contributed by atoms with Crippen LogP contribution in [0.25, 0.3) is 0 Å². The second kappa shape index (κ2) is 6.16. The molecule has 0 radical (unpaired) electrons. The zero-order chi connectivity index (χ0) is 16.4. The summed E-state index contributed by atoms with van der Waals surface area (Å²) in [7, 11) is 0. The van der Waals surface area contributed by atoms with Gasteiger partial charge in [-0.1, -0.05) is 12.1 Å². The lowest BCUT2D eigenvalue weighted by Crippen LogP contribution is -2.23. The molecule has 0 saturated heterocycles. The van der Waals surface area contributed by atoms with E-state index in [1.165, 1.54) is 6.07 Å². The van der Waals surface area contributed by atoms with Gasteiger partial charge in [0.15, 0.2) is 11.6 Å². The van der Waals surface area contributed by atoms with Crippen molar-refractivity contribution >= 4 is 17.5 Å². The first kappa shape index (κ1) is 15.1. The molecule has 2 amide bonds. The van der Waals surface area contributed by atoms with Crippen LogP contribution in [0.15, 0.2) is 36.4 Å². The maximum atomic E-state index is 13.1. The summed E-state index contributed by atoms with van der Waals surface area (Å²) in [4.78, 5) is 23.3. The molecule has 4 nitrogen and oxygen atoms in total. The smallest absolute Gasteiger partial charge is 0.251 e. The monoisotopic (exact) mass is 316 g/mol. The van der Waals surface area contributed by atoms with Crippen molar-refractivity contribution in [1.82, 2.24) is 5.32 Å². The molecule has 6 heteroatoms. The Balaban J connectivity index is 1.67. The van der Waals surface area contributed by atoms with Gasteiger partial charge in [-0.25, -0.2) is 8.78 Å². The Labute approximate surface area is 131 Å². The number of benzene rings is 2. The highest BCUT2D eigenvalue weighted by molar-refractivity contribution is 5.94. The summed E-state index contributed by atoms with van der Waals surface area (Å²) in [5, 5.41) is 5.45. The Morgan fingerprint density at radius 1 is 1.09 bits per heavy atom. The van der Waals surface area contributed by atoms with E-state index in [4.69, 9.17) is 0 Å². The standard InChI is InChI=1S/C17H14F2N2O2/c18-13-4-2-12(8-14(13)19)17(23)20-9-10-1-5-15-11(7-10)3-6-16(22)21-15/h1-2,4-5,7-8H,3,6,9H2,(H,20,23)(H,21,22). The Morgan fingerprint density at radius 3 is 2.70 bits per heavy atom. The molecular formula is C17H14F2N2O2. The van der Waals surface area contributed by atoms with Crippen LogP contribution in [0.5, 0.6) is 0 Å². The van der Waals surface area contributed by atoms with Gasteiger partial charge < -0.3 is 10.6 Å². The van der Waals surface area contributed by atoms with Crippen LogP contribution in [-0.2, 0) is 17.8 Å². The Hall–Kier alpha value is -2.76. The predicted octanol–water partition coefficient (Wildman–Crippen LogP) is 2.78. The third-order valence-corrected chi connectivity index (χ3v) is 3.70. The normalized spacial score (nSPS) is 13.2. The Bertz CT molecular complexity index is 790. The summed E-state index contributed by atoms with van der Waals surface area (Å²) in [5.74, 6) is -2.52. The van der Waals surface area contributed by atoms with E-state index in [1.807, 2.05) is 6.07 Å². The van der Waals surface area contributed by atoms with Crippen molar-refractivity contribution in [2.75, 3.05) is 5.32 Å². The van der Waals surface area contributed by atoms with Crippen molar-refractivity contribution in [2.24, 2.45) is 0 Å². The van der Waals surface area contributed by atoms with Gasteiger partial charge in [-0.15, -0.1) is 0 Å². The van der Waals surface area contributed by atoms with E-state index >= 15 is 0 Å². The second-order valence-electron chi connectivity index (χ2n) is 5.35. The highest BCUT2D eigenvalue weighted by Gasteiger charge is 2.15. The van der Waals surface area contributed by atoms with Gasteiger partial charge in [-0.05, 0) is 41.8 Å². The summed E-state index contributed by atoms with van der Waals surface area (Å²) >= 11 is 0. The number of amides is 2. The predicted molar refractivity (Wildman–Crippen MR) is 80.9 cm³/mol. The van der Waals surface area contributed by atoms with Crippen LogP contribution in [-0.4, -0.2) is 11.8 Å². The molecule has 23 heavy (non-hydrogen) atoms. The SMILES string of the molecule is O=C1CCc2cc(CNC(=O)c3ccc(F)c(F)c3)ccc2N1. The number of carbonyl (C=O) groups excluding carboxylic acids is 2. The molecule has 2 N–H and O–H groups in total. The van der Waals surface area contributed by atoms with Crippen molar-refractivity contribution < 1.29 is 18.4 Å². The number of hydrogen-bond acceptors (Lipinski definition) is 2. The van der Waals surface area contributed by atoms with Crippen LogP contribution in [0.3, 0.4) is 0 Å². The fourth-order valence-corrected chi connectivity index (χ4v) is 2.47. The van der Waals surface area contributed by atoms with Crippen molar-refractivity contribution in [3.8, 4) is 0 Å². The van der Waals surface area contributed by atoms with Gasteiger partial charge in [0.25, 0.3) is 5.91 Å². The molecule has 0 spiro atoms. The van der Waals surface area contributed by atoms with E-state index in [2.05, 4.69) is 10.6 Å². The van der Waals surface area contributed by atoms with Crippen molar-refractivity contribution in [3.63, 3.8) is 0 Å². The second-order valence-corrected chi connectivity index (χ2v) is 5.35. The van der Waals surface area contributed by atoms with Gasteiger partial charge in [0.1, 0.15) is 0 Å². The van der Waals surface area contributed by atoms with E-state index in [0.717, 1.165) is 28.9 Å². The van der Waals surface area contributed by atoms with Crippen LogP contribution < -0.4 is 10.6 Å². The fraction of sp³-hybridized carbons (Fsp3) is 0.176. The number of nitrogens with one attached hydrogen (secondary N) is 2. The third kappa shape index (κ3) is 3.36. The summed E-state index contributed by atoms with van der Waals surface area (Å²) < 4.78 is 26.0. The van der Waals surface area contributed by atoms with E-state index in [0.29, 0.717) is 12.8 Å². The molecule has 1 aliphatic heterocycles. The van der Waals surface area contributed by atoms with E-state index < -0.39 is 17.5 Å². The molecule has 2 aromatic carbocycles. The van der Waals surface area contributed by atoms with E-state index in [1.54, 1.807) is 12.1 Å². The number of hydrogen-bond donors (Lipinski definition) is 2. The van der Waals surface area contributed by atoms with Crippen LogP contribution in [0.4, 0.5) is 14.5 Å². The van der Waals surface area contributed by atoms with Gasteiger partial charge in [-0.3, -0.25) is 9.59 Å². The number of carbonyl (C=O) groups is 2. The van der Waals surface area contributed by atoms with Crippen molar-refractivity contribution in [3.05, 3.63) is 64.7 Å². The molecule has 0 aromatic heterocycles. The maximum Gasteiger partial charge on any atom is 0.251 e. The number of fused-ring (bicyclic) bond motifs is 1. The average Bonchev–Trinajstić information content (AvgIpc) is 2.55. The lowest BCUT2D eigenvalue weighted by atomic mass is 10.0. The summed E-state index contributed by atoms with van der Waals surface area (Å²) in [6, 6.07) is 8.54. The van der Waals surface area contributed by atoms with Crippen LogP contribution in [0, 0.1) is 11.6 Å². The number of aryl methyl sites for hydroxylation is 1. The molecule has 1 heterocycles. The first-order valence-corrected chi connectivity index (χ1v) is 7.18. The molecule has 0 fully saturated rings. The summed E-state index contributed by atoms with van der Waals surface area (Å²) in [5.41, 5.74) is 2.74. The summed E-state index contributed by atoms with van der Waals surface area (Å²) in [6.45, 7) is 0.263. The molecule has 0 unspecified atom stereocenters. The molecular weight excluding hydrogens is 302 g/mol. The topological polar surface area (TPSA) is 58.2 Å². The van der Waals surface area contributed by atoms with Gasteiger partial charge in [0.2, 0.25) is 5.91 Å². The Kier molecular flexibility index (Phi) is 4.06. The minimum Gasteiger partial charge on any atom is -0.348 e. The van der Waals surface area contributed by atoms with E-state index in [-0.39, 0.29) is 18.0 Å². The number of halogens is 2. The summed E-state index contributed by atoms with van der Waals surface area (Å²) in [6.07, 6.45) is 1.10. The van der Waals surface area contributed by atoms with Crippen LogP contribution >= 0.6 is 0 Å². The average molecular weight is 316 g/mol. The van der Waals surface area contributed by atoms with Crippen molar-refractivity contribution in [2.45, 2.75) is 19.4 Å². The molecule has 0 atom stereocenters. The van der Waals surface area contributed by atoms with Gasteiger partial charge >= 0.3 is 0 Å². The fourth-order valence-electron chi connectivity index (χ4n) is 2.47. The molecule has 3 rings (SSSR count). The highest BCUT2D eigenvalue weighted by Crippen LogP contribution is 2.23. The maximum absolute atomic E-state index is 13.1. The molecule has 0 bridgehead atoms. The lowest BCUT2D eigenvalue weighted by Gasteiger charge is -2.17. The molecule has 0 aliphatic carbocycles. The first-order valence-electron chi connectivity index (χ1n) is 7.18. The minimum absolute atomic E-state index is 0.00288. The quantitative estimate of drug-likeness (QED) is 0.915. The first-order chi connectivity index (χ1) is 11.0. The van der Waals surface area contributed by atoms with Gasteiger partial charge in [0.05, 0.1) is 0 Å². The third-order valence-electron chi connectivity index (χ3n) is 3.70. The Morgan fingerprint density at radius 2 is 1.91 bits per heavy atom. The molecule has 118 valence electrons. The zero-order valence-electron chi connectivity index (χ0n) is 12.2. The zero-order valence-corrected chi connectivity index (χ0v) is 12.2. The largest absolute Gasteiger partial charge is 0.348 e. The van der Waals surface area contributed by atoms with Crippen molar-refractivity contribution in [1.29, 1.82) is 0 Å². The van der Waals surface area contributed by atoms with Crippen LogP contribution in [0.1, 0.15) is 27.9 Å². The lowest BCUT2D eigenvalue weighted by molar-refractivity contribution is -0.116. The molecule has 0 saturated carbocycles. The van der Waals surface area contributed by atoms with Gasteiger partial charge in [-0.2, -0.15) is 0 Å². The number of anilines is 1. The molecule has 2 aromatic rings. The molecule has 1 aliphatic rings. The minimum atomic E-state index is -1.05. The number of rotatable bonds is 3. The highest BCUT2D eigenvalue weighted by atomic mass is 19.2. The van der Waals surface area contributed by atoms with E-state index in [9.17, 15) is 18.4 Å². The van der Waals surface area contributed by atoms with Gasteiger partial charge in [0, 0.05) is 24.2 Å².